The van der Waals surface area contributed by atoms with Gasteiger partial charge < -0.3 is 4.90 Å². The van der Waals surface area contributed by atoms with Crippen LogP contribution in [0.1, 0.15) is 26.3 Å². The summed E-state index contributed by atoms with van der Waals surface area (Å²) in [7, 11) is 0. The van der Waals surface area contributed by atoms with Crippen LogP contribution in [0.3, 0.4) is 0 Å². The summed E-state index contributed by atoms with van der Waals surface area (Å²) in [6.45, 7) is 3.84. The van der Waals surface area contributed by atoms with Crippen molar-refractivity contribution in [2.45, 2.75) is 38.7 Å². The van der Waals surface area contributed by atoms with Crippen molar-refractivity contribution in [2.24, 2.45) is 4.99 Å². The monoisotopic (exact) mass is 356 g/mol. The molecule has 0 saturated carbocycles. The first kappa shape index (κ1) is 18.6. The highest BCUT2D eigenvalue weighted by atomic mass is 32.2. The van der Waals surface area contributed by atoms with E-state index < -0.39 is 18.1 Å². The minimum atomic E-state index is -4.34. The fourth-order valence-electron chi connectivity index (χ4n) is 2.41. The zero-order valence-electron chi connectivity index (χ0n) is 13.7. The third-order valence-corrected chi connectivity index (χ3v) is 5.11. The average molecular weight is 356 g/mol. The Morgan fingerprint density at radius 3 is 2.46 bits per heavy atom. The second-order valence-electron chi connectivity index (χ2n) is 5.52. The third kappa shape index (κ3) is 4.63. The van der Waals surface area contributed by atoms with Crippen molar-refractivity contribution in [3.05, 3.63) is 40.4 Å². The standard InChI is InChI=1S/C17H19F3N2OS/c1-4-13-5-7-14(8-6-13)21-9-15-22(10-17(18,19)20)11(2)16(24-15)12(3)23/h5-9,15H,4,10H2,1-3H3. The van der Waals surface area contributed by atoms with E-state index in [1.807, 2.05) is 31.2 Å². The number of hydrogen-bond acceptors (Lipinski definition) is 4. The summed E-state index contributed by atoms with van der Waals surface area (Å²) in [5.74, 6) is -0.229. The van der Waals surface area contributed by atoms with Gasteiger partial charge in [0, 0.05) is 11.9 Å². The molecular formula is C17H19F3N2OS. The third-order valence-electron chi connectivity index (χ3n) is 3.67. The van der Waals surface area contributed by atoms with E-state index in [0.717, 1.165) is 18.2 Å². The topological polar surface area (TPSA) is 32.7 Å². The Bertz CT molecular complexity index is 665. The summed E-state index contributed by atoms with van der Waals surface area (Å²) in [4.78, 5) is 17.4. The number of carbonyl (C=O) groups excluding carboxylic acids is 1. The summed E-state index contributed by atoms with van der Waals surface area (Å²) in [5.41, 5.74) is 2.19. The molecule has 0 bridgehead atoms. The fraction of sp³-hybridized carbons (Fsp3) is 0.412. The summed E-state index contributed by atoms with van der Waals surface area (Å²) in [6, 6.07) is 7.53. The molecule has 1 aromatic rings. The molecule has 0 saturated heterocycles. The van der Waals surface area contributed by atoms with E-state index in [2.05, 4.69) is 4.99 Å². The lowest BCUT2D eigenvalue weighted by atomic mass is 10.1. The highest BCUT2D eigenvalue weighted by molar-refractivity contribution is 8.05. The Morgan fingerprint density at radius 1 is 1.33 bits per heavy atom. The molecule has 1 aromatic carbocycles. The highest BCUT2D eigenvalue weighted by Gasteiger charge is 2.39. The molecule has 24 heavy (non-hydrogen) atoms. The predicted octanol–water partition coefficient (Wildman–Crippen LogP) is 4.71. The lowest BCUT2D eigenvalue weighted by Crippen LogP contribution is -2.37. The van der Waals surface area contributed by atoms with E-state index in [1.165, 1.54) is 23.6 Å². The lowest BCUT2D eigenvalue weighted by molar-refractivity contribution is -0.141. The number of aryl methyl sites for hydroxylation is 1. The highest BCUT2D eigenvalue weighted by Crippen LogP contribution is 2.39. The van der Waals surface area contributed by atoms with Crippen LogP contribution in [0.2, 0.25) is 0 Å². The van der Waals surface area contributed by atoms with E-state index >= 15 is 0 Å². The molecule has 0 aliphatic carbocycles. The minimum Gasteiger partial charge on any atom is -0.348 e. The van der Waals surface area contributed by atoms with Gasteiger partial charge in [0.2, 0.25) is 0 Å². The normalized spacial score (nSPS) is 18.8. The number of alkyl halides is 3. The molecule has 7 heteroatoms. The first-order valence-corrected chi connectivity index (χ1v) is 8.44. The lowest BCUT2D eigenvalue weighted by Gasteiger charge is -2.26. The van der Waals surface area contributed by atoms with E-state index in [4.69, 9.17) is 0 Å². The molecule has 0 aromatic heterocycles. The number of thioether (sulfide) groups is 1. The molecule has 1 aliphatic rings. The molecule has 1 unspecified atom stereocenters. The molecule has 0 spiro atoms. The summed E-state index contributed by atoms with van der Waals surface area (Å²) in [6.07, 6.45) is -1.97. The molecule has 1 aliphatic heterocycles. The Balaban J connectivity index is 2.20. The van der Waals surface area contributed by atoms with Crippen LogP contribution in [0.4, 0.5) is 18.9 Å². The second kappa shape index (κ2) is 7.42. The van der Waals surface area contributed by atoms with Crippen LogP contribution in [0.25, 0.3) is 0 Å². The van der Waals surface area contributed by atoms with Gasteiger partial charge in [-0.2, -0.15) is 13.2 Å². The molecule has 0 amide bonds. The predicted molar refractivity (Wildman–Crippen MR) is 91.5 cm³/mol. The summed E-state index contributed by atoms with van der Waals surface area (Å²) >= 11 is 1.11. The summed E-state index contributed by atoms with van der Waals surface area (Å²) in [5, 5.41) is -0.642. The van der Waals surface area contributed by atoms with E-state index in [1.54, 1.807) is 6.92 Å². The number of benzene rings is 1. The minimum absolute atomic E-state index is 0.229. The number of halogens is 3. The molecule has 1 atom stereocenters. The van der Waals surface area contributed by atoms with Crippen molar-refractivity contribution in [1.82, 2.24) is 4.90 Å². The Morgan fingerprint density at radius 2 is 1.96 bits per heavy atom. The average Bonchev–Trinajstić information content (AvgIpc) is 2.81. The van der Waals surface area contributed by atoms with Gasteiger partial charge in [-0.3, -0.25) is 9.79 Å². The van der Waals surface area contributed by atoms with Crippen LogP contribution in [0.5, 0.6) is 0 Å². The molecule has 130 valence electrons. The van der Waals surface area contributed by atoms with Crippen LogP contribution >= 0.6 is 11.8 Å². The first-order valence-electron chi connectivity index (χ1n) is 7.56. The molecule has 0 N–H and O–H groups in total. The van der Waals surface area contributed by atoms with Gasteiger partial charge in [0.1, 0.15) is 11.9 Å². The van der Waals surface area contributed by atoms with Gasteiger partial charge in [0.25, 0.3) is 0 Å². The van der Waals surface area contributed by atoms with Crippen LogP contribution in [-0.4, -0.2) is 35.0 Å². The first-order chi connectivity index (χ1) is 11.2. The van der Waals surface area contributed by atoms with Crippen LogP contribution in [0.15, 0.2) is 39.9 Å². The van der Waals surface area contributed by atoms with Crippen molar-refractivity contribution >= 4 is 29.4 Å². The molecule has 1 heterocycles. The number of rotatable bonds is 5. The Kier molecular flexibility index (Phi) is 5.74. The second-order valence-corrected chi connectivity index (χ2v) is 6.65. The van der Waals surface area contributed by atoms with Crippen molar-refractivity contribution in [1.29, 1.82) is 0 Å². The maximum atomic E-state index is 12.8. The number of aliphatic imine (C=N–C) groups is 1. The number of allylic oxidation sites excluding steroid dienone is 2. The quantitative estimate of drug-likeness (QED) is 0.717. The SMILES string of the molecule is CCc1ccc(N=CC2SC(C(C)=O)=C(C)N2CC(F)(F)F)cc1. The fourth-order valence-corrected chi connectivity index (χ4v) is 3.59. The maximum absolute atomic E-state index is 12.8. The van der Waals surface area contributed by atoms with Gasteiger partial charge in [-0.15, -0.1) is 0 Å². The van der Waals surface area contributed by atoms with E-state index in [9.17, 15) is 18.0 Å². The van der Waals surface area contributed by atoms with Crippen molar-refractivity contribution in [3.8, 4) is 0 Å². The molecule has 0 fully saturated rings. The zero-order chi connectivity index (χ0) is 17.9. The van der Waals surface area contributed by atoms with Crippen molar-refractivity contribution in [3.63, 3.8) is 0 Å². The largest absolute Gasteiger partial charge is 0.405 e. The summed E-state index contributed by atoms with van der Waals surface area (Å²) < 4.78 is 38.5. The van der Waals surface area contributed by atoms with Gasteiger partial charge >= 0.3 is 6.18 Å². The van der Waals surface area contributed by atoms with Gasteiger partial charge in [-0.1, -0.05) is 30.8 Å². The number of carbonyl (C=O) groups is 1. The Hall–Kier alpha value is -1.76. The Labute approximate surface area is 143 Å². The zero-order valence-corrected chi connectivity index (χ0v) is 14.5. The number of ketones is 1. The van der Waals surface area contributed by atoms with Crippen molar-refractivity contribution < 1.29 is 18.0 Å². The number of nitrogens with zero attached hydrogens (tertiary/aromatic N) is 2. The molecule has 2 rings (SSSR count). The molecular weight excluding hydrogens is 337 g/mol. The van der Waals surface area contributed by atoms with Gasteiger partial charge in [-0.05, 0) is 38.0 Å². The van der Waals surface area contributed by atoms with Crippen molar-refractivity contribution in [2.75, 3.05) is 6.54 Å². The number of Topliss-reactive ketones (excluding diaryl/α,β-unsaturated/α-hetero) is 1. The van der Waals surface area contributed by atoms with Crippen LogP contribution in [0, 0.1) is 0 Å². The maximum Gasteiger partial charge on any atom is 0.405 e. The number of hydrogen-bond donors (Lipinski definition) is 0. The van der Waals surface area contributed by atoms with Gasteiger partial charge in [0.05, 0.1) is 10.6 Å². The van der Waals surface area contributed by atoms with E-state index in [0.29, 0.717) is 16.3 Å². The molecule has 3 nitrogen and oxygen atoms in total. The van der Waals surface area contributed by atoms with Crippen LogP contribution < -0.4 is 0 Å². The van der Waals surface area contributed by atoms with Crippen LogP contribution in [-0.2, 0) is 11.2 Å². The van der Waals surface area contributed by atoms with E-state index in [-0.39, 0.29) is 5.78 Å². The molecule has 0 radical (unpaired) electrons. The van der Waals surface area contributed by atoms with Gasteiger partial charge in [0.15, 0.2) is 5.78 Å². The smallest absolute Gasteiger partial charge is 0.348 e. The van der Waals surface area contributed by atoms with Gasteiger partial charge in [-0.25, -0.2) is 0 Å².